The van der Waals surface area contributed by atoms with E-state index >= 15 is 0 Å². The maximum atomic E-state index is 6.32. The molecule has 0 spiro atoms. The van der Waals surface area contributed by atoms with E-state index in [4.69, 9.17) is 23.2 Å². The van der Waals surface area contributed by atoms with Crippen molar-refractivity contribution in [1.82, 2.24) is 5.32 Å². The molecule has 2 atom stereocenters. The van der Waals surface area contributed by atoms with Crippen LogP contribution in [0.25, 0.3) is 0 Å². The predicted molar refractivity (Wildman–Crippen MR) is 84.0 cm³/mol. The van der Waals surface area contributed by atoms with Crippen molar-refractivity contribution in [1.29, 1.82) is 0 Å². The summed E-state index contributed by atoms with van der Waals surface area (Å²) in [5, 5.41) is 5.24. The Hall–Kier alpha value is -0.240. The third kappa shape index (κ3) is 3.87. The molecule has 0 aliphatic heterocycles. The summed E-state index contributed by atoms with van der Waals surface area (Å²) in [5.41, 5.74) is 1.64. The van der Waals surface area contributed by atoms with Gasteiger partial charge in [-0.25, -0.2) is 0 Å². The van der Waals surface area contributed by atoms with E-state index in [1.54, 1.807) is 0 Å². The molecule has 1 nitrogen and oxygen atoms in total. The smallest absolute Gasteiger partial charge is 0.0468 e. The third-order valence-electron chi connectivity index (χ3n) is 4.15. The molecule has 1 aliphatic rings. The van der Waals surface area contributed by atoms with Crippen LogP contribution >= 0.6 is 23.2 Å². The first-order valence-corrected chi connectivity index (χ1v) is 7.88. The highest BCUT2D eigenvalue weighted by Gasteiger charge is 2.32. The minimum absolute atomic E-state index is 0.323. The average molecular weight is 300 g/mol. The average Bonchev–Trinajstić information content (AvgIpc) is 2.66. The van der Waals surface area contributed by atoms with Gasteiger partial charge in [0.15, 0.2) is 0 Å². The first-order chi connectivity index (χ1) is 8.91. The lowest BCUT2D eigenvalue weighted by Gasteiger charge is -2.24. The molecule has 0 amide bonds. The summed E-state index contributed by atoms with van der Waals surface area (Å²) in [4.78, 5) is 0. The van der Waals surface area contributed by atoms with Gasteiger partial charge in [-0.3, -0.25) is 0 Å². The van der Waals surface area contributed by atoms with Crippen molar-refractivity contribution in [2.75, 3.05) is 0 Å². The van der Waals surface area contributed by atoms with Gasteiger partial charge in [-0.05, 0) is 48.8 Å². The van der Waals surface area contributed by atoms with Gasteiger partial charge in [-0.2, -0.15) is 0 Å². The van der Waals surface area contributed by atoms with Crippen molar-refractivity contribution in [3.05, 3.63) is 33.8 Å². The maximum absolute atomic E-state index is 6.32. The molecule has 0 radical (unpaired) electrons. The fourth-order valence-electron chi connectivity index (χ4n) is 3.07. The number of halogens is 2. The Balaban J connectivity index is 2.08. The van der Waals surface area contributed by atoms with E-state index in [-0.39, 0.29) is 0 Å². The zero-order valence-electron chi connectivity index (χ0n) is 12.0. The van der Waals surface area contributed by atoms with Crippen LogP contribution in [0.1, 0.15) is 58.1 Å². The molecule has 2 unspecified atom stereocenters. The summed E-state index contributed by atoms with van der Waals surface area (Å²) in [6.07, 6.45) is 4.84. The fraction of sp³-hybridized carbons (Fsp3) is 0.625. The van der Waals surface area contributed by atoms with Crippen LogP contribution in [0.2, 0.25) is 10.0 Å². The molecular formula is C16H23Cl2N. The van der Waals surface area contributed by atoms with E-state index in [0.29, 0.717) is 22.5 Å². The Bertz CT molecular complexity index is 442. The fourth-order valence-corrected chi connectivity index (χ4v) is 3.61. The lowest BCUT2D eigenvalue weighted by Crippen LogP contribution is -2.31. The largest absolute Gasteiger partial charge is 0.307 e. The van der Waals surface area contributed by atoms with Gasteiger partial charge in [-0.1, -0.05) is 50.0 Å². The molecule has 1 saturated carbocycles. The van der Waals surface area contributed by atoms with E-state index in [1.807, 2.05) is 18.2 Å². The first kappa shape index (κ1) is 15.2. The van der Waals surface area contributed by atoms with Crippen molar-refractivity contribution in [2.24, 2.45) is 5.41 Å². The predicted octanol–water partition coefficient (Wildman–Crippen LogP) is 5.61. The number of nitrogens with one attached hydrogen (secondary N) is 1. The van der Waals surface area contributed by atoms with Gasteiger partial charge < -0.3 is 5.32 Å². The van der Waals surface area contributed by atoms with Crippen LogP contribution in [-0.4, -0.2) is 6.04 Å². The number of hydrogen-bond donors (Lipinski definition) is 1. The van der Waals surface area contributed by atoms with E-state index in [1.165, 1.54) is 24.8 Å². The van der Waals surface area contributed by atoms with Crippen LogP contribution in [-0.2, 0) is 0 Å². The molecule has 1 aromatic carbocycles. The second-order valence-electron chi connectivity index (χ2n) is 6.40. The molecule has 0 heterocycles. The SMILES string of the molecule is CCC(NC1CCC(C)(C)C1)c1ccc(Cl)cc1Cl. The number of benzene rings is 1. The molecule has 106 valence electrons. The molecule has 0 bridgehead atoms. The van der Waals surface area contributed by atoms with E-state index in [2.05, 4.69) is 26.1 Å². The lowest BCUT2D eigenvalue weighted by molar-refractivity contribution is 0.350. The van der Waals surface area contributed by atoms with E-state index in [0.717, 1.165) is 11.4 Å². The van der Waals surface area contributed by atoms with Gasteiger partial charge in [-0.15, -0.1) is 0 Å². The molecule has 0 saturated heterocycles. The van der Waals surface area contributed by atoms with Crippen LogP contribution in [0.4, 0.5) is 0 Å². The van der Waals surface area contributed by atoms with E-state index in [9.17, 15) is 0 Å². The molecular weight excluding hydrogens is 277 g/mol. The van der Waals surface area contributed by atoms with E-state index < -0.39 is 0 Å². The summed E-state index contributed by atoms with van der Waals surface area (Å²) >= 11 is 12.3. The van der Waals surface area contributed by atoms with Crippen LogP contribution < -0.4 is 5.32 Å². The Kier molecular flexibility index (Phi) is 4.81. The standard InChI is InChI=1S/C16H23Cl2N/c1-4-15(13-6-5-11(17)9-14(13)18)19-12-7-8-16(2,3)10-12/h5-6,9,12,15,19H,4,7-8,10H2,1-3H3. The molecule has 1 N–H and O–H groups in total. The third-order valence-corrected chi connectivity index (χ3v) is 4.71. The topological polar surface area (TPSA) is 12.0 Å². The van der Waals surface area contributed by atoms with Crippen molar-refractivity contribution in [3.8, 4) is 0 Å². The second-order valence-corrected chi connectivity index (χ2v) is 7.24. The van der Waals surface area contributed by atoms with Crippen molar-refractivity contribution in [2.45, 2.75) is 58.5 Å². The molecule has 1 aromatic rings. The second kappa shape index (κ2) is 6.03. The van der Waals surface area contributed by atoms with Crippen molar-refractivity contribution >= 4 is 23.2 Å². The van der Waals surface area contributed by atoms with Gasteiger partial charge in [0.1, 0.15) is 0 Å². The normalized spacial score (nSPS) is 23.5. The Labute approximate surface area is 126 Å². The lowest BCUT2D eigenvalue weighted by atomic mass is 9.91. The van der Waals surface area contributed by atoms with Crippen LogP contribution in [0.5, 0.6) is 0 Å². The first-order valence-electron chi connectivity index (χ1n) is 7.12. The minimum atomic E-state index is 0.323. The van der Waals surface area contributed by atoms with Gasteiger partial charge in [0.25, 0.3) is 0 Å². The van der Waals surface area contributed by atoms with Gasteiger partial charge in [0, 0.05) is 22.1 Å². The highest BCUT2D eigenvalue weighted by Crippen LogP contribution is 2.38. The minimum Gasteiger partial charge on any atom is -0.307 e. The van der Waals surface area contributed by atoms with Crippen LogP contribution in [0, 0.1) is 5.41 Å². The van der Waals surface area contributed by atoms with Crippen LogP contribution in [0.15, 0.2) is 18.2 Å². The van der Waals surface area contributed by atoms with Crippen molar-refractivity contribution < 1.29 is 0 Å². The summed E-state index contributed by atoms with van der Waals surface area (Å²) in [5.74, 6) is 0. The number of rotatable bonds is 4. The Morgan fingerprint density at radius 2 is 2.11 bits per heavy atom. The summed E-state index contributed by atoms with van der Waals surface area (Å²) in [7, 11) is 0. The maximum Gasteiger partial charge on any atom is 0.0468 e. The molecule has 19 heavy (non-hydrogen) atoms. The highest BCUT2D eigenvalue weighted by molar-refractivity contribution is 6.35. The summed E-state index contributed by atoms with van der Waals surface area (Å²) in [6.45, 7) is 6.90. The molecule has 3 heteroatoms. The zero-order chi connectivity index (χ0) is 14.0. The molecule has 0 aromatic heterocycles. The Morgan fingerprint density at radius 1 is 1.37 bits per heavy atom. The van der Waals surface area contributed by atoms with Gasteiger partial charge in [0.05, 0.1) is 0 Å². The Morgan fingerprint density at radius 3 is 2.63 bits per heavy atom. The molecule has 1 fully saturated rings. The molecule has 2 rings (SSSR count). The van der Waals surface area contributed by atoms with Crippen LogP contribution in [0.3, 0.4) is 0 Å². The quantitative estimate of drug-likeness (QED) is 0.761. The number of hydrogen-bond acceptors (Lipinski definition) is 1. The zero-order valence-corrected chi connectivity index (χ0v) is 13.5. The van der Waals surface area contributed by atoms with Gasteiger partial charge in [0.2, 0.25) is 0 Å². The molecule has 1 aliphatic carbocycles. The summed E-state index contributed by atoms with van der Waals surface area (Å²) < 4.78 is 0. The summed E-state index contributed by atoms with van der Waals surface area (Å²) in [6, 6.07) is 6.73. The highest BCUT2D eigenvalue weighted by atomic mass is 35.5. The van der Waals surface area contributed by atoms with Crippen molar-refractivity contribution in [3.63, 3.8) is 0 Å². The van der Waals surface area contributed by atoms with Gasteiger partial charge >= 0.3 is 0 Å². The monoisotopic (exact) mass is 299 g/mol.